The van der Waals surface area contributed by atoms with Gasteiger partial charge < -0.3 is 23.5 Å². The molecule has 1 unspecified atom stereocenters. The molecular formula is C20H18N2O5S2. The zero-order valence-corrected chi connectivity index (χ0v) is 17.3. The number of carbonyl (C=O) groups excluding carboxylic acids is 1. The van der Waals surface area contributed by atoms with E-state index in [0.29, 0.717) is 27.8 Å². The van der Waals surface area contributed by atoms with Crippen LogP contribution in [0.2, 0.25) is 0 Å². The summed E-state index contributed by atoms with van der Waals surface area (Å²) in [5, 5.41) is 0. The van der Waals surface area contributed by atoms with Crippen LogP contribution in [0.15, 0.2) is 41.4 Å². The summed E-state index contributed by atoms with van der Waals surface area (Å²) in [5.74, 6) is 3.18. The van der Waals surface area contributed by atoms with E-state index in [9.17, 15) is 4.79 Å². The second-order valence-electron chi connectivity index (χ2n) is 6.52. The van der Waals surface area contributed by atoms with Gasteiger partial charge in [0.1, 0.15) is 6.61 Å². The van der Waals surface area contributed by atoms with Gasteiger partial charge in [0.2, 0.25) is 12.9 Å². The van der Waals surface area contributed by atoms with E-state index in [1.165, 1.54) is 11.3 Å². The quantitative estimate of drug-likeness (QED) is 0.634. The number of amides is 1. The van der Waals surface area contributed by atoms with Gasteiger partial charge in [-0.15, -0.1) is 0 Å². The van der Waals surface area contributed by atoms with Gasteiger partial charge in [-0.25, -0.2) is 0 Å². The number of nitrogens with zero attached hydrogens (tertiary/aromatic N) is 2. The monoisotopic (exact) mass is 430 g/mol. The summed E-state index contributed by atoms with van der Waals surface area (Å²) in [6, 6.07) is 11.2. The fourth-order valence-corrected chi connectivity index (χ4v) is 4.69. The Balaban J connectivity index is 1.51. The van der Waals surface area contributed by atoms with Crippen molar-refractivity contribution in [2.45, 2.75) is 12.6 Å². The maximum Gasteiger partial charge on any atom is 0.292 e. The Morgan fingerprint density at radius 2 is 1.97 bits per heavy atom. The van der Waals surface area contributed by atoms with Crippen molar-refractivity contribution in [1.29, 1.82) is 0 Å². The number of aromatic nitrogens is 1. The number of thioether (sulfide) groups is 1. The van der Waals surface area contributed by atoms with Gasteiger partial charge in [0.15, 0.2) is 27.8 Å². The maximum atomic E-state index is 12.8. The van der Waals surface area contributed by atoms with Crippen LogP contribution in [-0.4, -0.2) is 42.0 Å². The molecule has 2 aliphatic rings. The molecule has 9 heteroatoms. The van der Waals surface area contributed by atoms with Crippen LogP contribution in [0, 0.1) is 0 Å². The van der Waals surface area contributed by atoms with Crippen LogP contribution in [0.4, 0.5) is 0 Å². The summed E-state index contributed by atoms with van der Waals surface area (Å²) in [6.45, 7) is 1.11. The van der Waals surface area contributed by atoms with Crippen LogP contribution >= 0.6 is 23.1 Å². The smallest absolute Gasteiger partial charge is 0.292 e. The Hall–Kier alpha value is -2.65. The van der Waals surface area contributed by atoms with Gasteiger partial charge >= 0.3 is 0 Å². The van der Waals surface area contributed by atoms with E-state index in [2.05, 4.69) is 11.2 Å². The minimum atomic E-state index is -0.763. The molecule has 1 atom stereocenters. The Labute approximate surface area is 174 Å². The van der Waals surface area contributed by atoms with Gasteiger partial charge in [-0.05, 0) is 18.4 Å². The van der Waals surface area contributed by atoms with Crippen molar-refractivity contribution in [2.75, 3.05) is 25.4 Å². The van der Waals surface area contributed by atoms with E-state index in [0.717, 1.165) is 22.5 Å². The first kappa shape index (κ1) is 18.4. The number of hydrogen-bond acceptors (Lipinski definition) is 7. The standard InChI is InChI=1S/C20H18N2O5S2/c1-28-7-6-22-12-8-15-16(26-11-25-15)9-18(12)29-20(22)21-19(23)17-10-24-13-4-2-3-5-14(13)27-17/h2-5,8-9,17H,6-7,10-11H2,1H3. The van der Waals surface area contributed by atoms with Crippen molar-refractivity contribution in [3.8, 4) is 23.0 Å². The van der Waals surface area contributed by atoms with Crippen LogP contribution in [0.1, 0.15) is 0 Å². The van der Waals surface area contributed by atoms with E-state index in [4.69, 9.17) is 18.9 Å². The lowest BCUT2D eigenvalue weighted by atomic mass is 10.2. The molecule has 5 rings (SSSR count). The first-order valence-electron chi connectivity index (χ1n) is 9.12. The number of rotatable bonds is 4. The van der Waals surface area contributed by atoms with Gasteiger partial charge in [0.05, 0.1) is 10.2 Å². The van der Waals surface area contributed by atoms with E-state index in [-0.39, 0.29) is 19.3 Å². The lowest BCUT2D eigenvalue weighted by molar-refractivity contribution is -0.127. The predicted molar refractivity (Wildman–Crippen MR) is 111 cm³/mol. The number of thiazole rings is 1. The highest BCUT2D eigenvalue weighted by Crippen LogP contribution is 2.37. The summed E-state index contributed by atoms with van der Waals surface area (Å²) in [4.78, 5) is 17.9. The average Bonchev–Trinajstić information content (AvgIpc) is 3.33. The van der Waals surface area contributed by atoms with E-state index in [1.54, 1.807) is 17.8 Å². The van der Waals surface area contributed by atoms with Crippen LogP contribution in [-0.2, 0) is 11.3 Å². The molecule has 2 aromatic carbocycles. The summed E-state index contributed by atoms with van der Waals surface area (Å²) in [7, 11) is 0. The molecular weight excluding hydrogens is 412 g/mol. The minimum Gasteiger partial charge on any atom is -0.485 e. The summed E-state index contributed by atoms with van der Waals surface area (Å²) >= 11 is 3.19. The van der Waals surface area contributed by atoms with Crippen molar-refractivity contribution in [3.05, 3.63) is 41.2 Å². The van der Waals surface area contributed by atoms with E-state index in [1.807, 2.05) is 34.9 Å². The fraction of sp³-hybridized carbons (Fsp3) is 0.300. The predicted octanol–water partition coefficient (Wildman–Crippen LogP) is 3.06. The highest BCUT2D eigenvalue weighted by Gasteiger charge is 2.27. The molecule has 29 heavy (non-hydrogen) atoms. The Morgan fingerprint density at radius 3 is 2.79 bits per heavy atom. The molecule has 7 nitrogen and oxygen atoms in total. The van der Waals surface area contributed by atoms with Crippen LogP contribution in [0.5, 0.6) is 23.0 Å². The zero-order chi connectivity index (χ0) is 19.8. The molecule has 0 saturated heterocycles. The molecule has 0 bridgehead atoms. The first-order chi connectivity index (χ1) is 14.2. The van der Waals surface area contributed by atoms with Gasteiger partial charge in [-0.3, -0.25) is 4.79 Å². The minimum absolute atomic E-state index is 0.144. The maximum absolute atomic E-state index is 12.8. The van der Waals surface area contributed by atoms with Crippen LogP contribution < -0.4 is 23.7 Å². The largest absolute Gasteiger partial charge is 0.485 e. The van der Waals surface area contributed by atoms with Crippen molar-refractivity contribution in [3.63, 3.8) is 0 Å². The van der Waals surface area contributed by atoms with Crippen molar-refractivity contribution in [2.24, 2.45) is 4.99 Å². The van der Waals surface area contributed by atoms with Gasteiger partial charge in [0, 0.05) is 24.4 Å². The third kappa shape index (κ3) is 3.44. The SMILES string of the molecule is CSCCn1c(=NC(=O)C2COc3ccccc3O2)sc2cc3c(cc21)OCO3. The lowest BCUT2D eigenvalue weighted by Gasteiger charge is -2.23. The van der Waals surface area contributed by atoms with Gasteiger partial charge in [0.25, 0.3) is 5.91 Å². The first-order valence-corrected chi connectivity index (χ1v) is 11.3. The summed E-state index contributed by atoms with van der Waals surface area (Å²) in [5.41, 5.74) is 0.978. The fourth-order valence-electron chi connectivity index (χ4n) is 3.25. The Morgan fingerprint density at radius 1 is 1.17 bits per heavy atom. The molecule has 0 N–H and O–H groups in total. The molecule has 1 amide bonds. The lowest BCUT2D eigenvalue weighted by Crippen LogP contribution is -2.36. The number of benzene rings is 2. The zero-order valence-electron chi connectivity index (χ0n) is 15.6. The summed E-state index contributed by atoms with van der Waals surface area (Å²) in [6.07, 6.45) is 1.29. The number of hydrogen-bond donors (Lipinski definition) is 0. The van der Waals surface area contributed by atoms with E-state index < -0.39 is 6.10 Å². The summed E-state index contributed by atoms with van der Waals surface area (Å²) < 4.78 is 25.5. The number of ether oxygens (including phenoxy) is 4. The van der Waals surface area contributed by atoms with Crippen molar-refractivity contribution < 1.29 is 23.7 Å². The third-order valence-electron chi connectivity index (χ3n) is 4.69. The van der Waals surface area contributed by atoms with Crippen LogP contribution in [0.25, 0.3) is 10.2 Å². The highest BCUT2D eigenvalue weighted by atomic mass is 32.2. The molecule has 0 radical (unpaired) electrons. The number of carbonyl (C=O) groups is 1. The number of fused-ring (bicyclic) bond motifs is 3. The molecule has 0 saturated carbocycles. The van der Waals surface area contributed by atoms with Gasteiger partial charge in [-0.2, -0.15) is 16.8 Å². The normalized spacial score (nSPS) is 17.7. The molecule has 1 aromatic heterocycles. The third-order valence-corrected chi connectivity index (χ3v) is 6.32. The van der Waals surface area contributed by atoms with Crippen LogP contribution in [0.3, 0.4) is 0 Å². The Kier molecular flexibility index (Phi) is 4.84. The molecule has 3 aromatic rings. The topological polar surface area (TPSA) is 71.3 Å². The highest BCUT2D eigenvalue weighted by molar-refractivity contribution is 7.98. The second kappa shape index (κ2) is 7.64. The molecule has 0 spiro atoms. The van der Waals surface area contributed by atoms with Crippen molar-refractivity contribution >= 4 is 39.2 Å². The second-order valence-corrected chi connectivity index (χ2v) is 8.51. The number of aryl methyl sites for hydroxylation is 1. The van der Waals surface area contributed by atoms with Crippen molar-refractivity contribution in [1.82, 2.24) is 4.57 Å². The molecule has 3 heterocycles. The average molecular weight is 431 g/mol. The van der Waals surface area contributed by atoms with E-state index >= 15 is 0 Å². The Bertz CT molecular complexity index is 1150. The molecule has 0 aliphatic carbocycles. The molecule has 0 fully saturated rings. The molecule has 150 valence electrons. The molecule has 2 aliphatic heterocycles. The number of para-hydroxylation sites is 2. The van der Waals surface area contributed by atoms with Gasteiger partial charge in [-0.1, -0.05) is 23.5 Å².